The van der Waals surface area contributed by atoms with Crippen LogP contribution in [0.15, 0.2) is 22.9 Å². The molecule has 0 saturated carbocycles. The van der Waals surface area contributed by atoms with Gasteiger partial charge in [-0.05, 0) is 39.7 Å². The Balaban J connectivity index is 1.55. The molecule has 2 aromatic rings. The van der Waals surface area contributed by atoms with Crippen molar-refractivity contribution in [3.8, 4) is 0 Å². The molecule has 2 aromatic heterocycles. The van der Waals surface area contributed by atoms with E-state index in [0.717, 1.165) is 11.5 Å². The van der Waals surface area contributed by atoms with E-state index >= 15 is 0 Å². The number of nitrogens with one attached hydrogen (secondary N) is 1. The SMILES string of the molecule is Cc1cnc(C(=O)N2CCC(NC(=O)c3cc(C)oc3C)CC2)cn1. The summed E-state index contributed by atoms with van der Waals surface area (Å²) < 4.78 is 5.40. The molecule has 3 rings (SSSR count). The van der Waals surface area contributed by atoms with Gasteiger partial charge in [-0.25, -0.2) is 4.98 Å². The van der Waals surface area contributed by atoms with Crippen LogP contribution in [0.3, 0.4) is 0 Å². The number of piperidine rings is 1. The summed E-state index contributed by atoms with van der Waals surface area (Å²) in [6.45, 7) is 6.61. The average molecular weight is 342 g/mol. The number of hydrogen-bond acceptors (Lipinski definition) is 5. The van der Waals surface area contributed by atoms with Crippen LogP contribution < -0.4 is 5.32 Å². The molecule has 1 N–H and O–H groups in total. The molecule has 1 fully saturated rings. The lowest BCUT2D eigenvalue weighted by Gasteiger charge is -2.32. The molecular formula is C18H22N4O3. The van der Waals surface area contributed by atoms with Gasteiger partial charge in [-0.1, -0.05) is 0 Å². The third-order valence-electron chi connectivity index (χ3n) is 4.40. The molecule has 7 nitrogen and oxygen atoms in total. The molecule has 0 aliphatic carbocycles. The Bertz CT molecular complexity index is 774. The molecule has 2 amide bonds. The molecule has 1 aliphatic rings. The van der Waals surface area contributed by atoms with Crippen molar-refractivity contribution < 1.29 is 14.0 Å². The zero-order valence-electron chi connectivity index (χ0n) is 14.7. The minimum atomic E-state index is -0.122. The van der Waals surface area contributed by atoms with Crippen molar-refractivity contribution in [1.29, 1.82) is 0 Å². The number of rotatable bonds is 3. The summed E-state index contributed by atoms with van der Waals surface area (Å²) in [7, 11) is 0. The largest absolute Gasteiger partial charge is 0.466 e. The molecular weight excluding hydrogens is 320 g/mol. The highest BCUT2D eigenvalue weighted by molar-refractivity contribution is 5.95. The maximum atomic E-state index is 12.4. The smallest absolute Gasteiger partial charge is 0.274 e. The van der Waals surface area contributed by atoms with Gasteiger partial charge in [-0.2, -0.15) is 0 Å². The Labute approximate surface area is 146 Å². The summed E-state index contributed by atoms with van der Waals surface area (Å²) in [5.41, 5.74) is 1.71. The maximum Gasteiger partial charge on any atom is 0.274 e. The molecule has 0 atom stereocenters. The number of nitrogens with zero attached hydrogens (tertiary/aromatic N) is 3. The fraction of sp³-hybridized carbons (Fsp3) is 0.444. The zero-order chi connectivity index (χ0) is 18.0. The van der Waals surface area contributed by atoms with Crippen molar-refractivity contribution in [1.82, 2.24) is 20.2 Å². The molecule has 0 radical (unpaired) electrons. The number of furan rings is 1. The van der Waals surface area contributed by atoms with Crippen LogP contribution in [0, 0.1) is 20.8 Å². The van der Waals surface area contributed by atoms with Gasteiger partial charge in [0.15, 0.2) is 0 Å². The Morgan fingerprint density at radius 2 is 1.88 bits per heavy atom. The van der Waals surface area contributed by atoms with E-state index in [1.165, 1.54) is 6.20 Å². The lowest BCUT2D eigenvalue weighted by molar-refractivity contribution is 0.0692. The van der Waals surface area contributed by atoms with Crippen molar-refractivity contribution in [2.45, 2.75) is 39.7 Å². The molecule has 0 aromatic carbocycles. The van der Waals surface area contributed by atoms with E-state index in [1.807, 2.05) is 13.8 Å². The minimum absolute atomic E-state index is 0.0512. The predicted molar refractivity (Wildman–Crippen MR) is 91.3 cm³/mol. The second-order valence-corrected chi connectivity index (χ2v) is 6.41. The molecule has 132 valence electrons. The van der Waals surface area contributed by atoms with E-state index in [1.54, 1.807) is 24.1 Å². The van der Waals surface area contributed by atoms with E-state index in [2.05, 4.69) is 15.3 Å². The third-order valence-corrected chi connectivity index (χ3v) is 4.40. The monoisotopic (exact) mass is 342 g/mol. The van der Waals surface area contributed by atoms with Crippen molar-refractivity contribution in [3.63, 3.8) is 0 Å². The van der Waals surface area contributed by atoms with Gasteiger partial charge in [0.05, 0.1) is 17.5 Å². The highest BCUT2D eigenvalue weighted by Crippen LogP contribution is 2.16. The van der Waals surface area contributed by atoms with Gasteiger partial charge in [0.25, 0.3) is 11.8 Å². The Hall–Kier alpha value is -2.70. The fourth-order valence-corrected chi connectivity index (χ4v) is 3.01. The second-order valence-electron chi connectivity index (χ2n) is 6.41. The highest BCUT2D eigenvalue weighted by Gasteiger charge is 2.26. The Morgan fingerprint density at radius 3 is 2.44 bits per heavy atom. The molecule has 7 heteroatoms. The van der Waals surface area contributed by atoms with E-state index in [9.17, 15) is 9.59 Å². The Kier molecular flexibility index (Phi) is 4.83. The molecule has 25 heavy (non-hydrogen) atoms. The van der Waals surface area contributed by atoms with Gasteiger partial charge in [0.1, 0.15) is 17.2 Å². The van der Waals surface area contributed by atoms with Gasteiger partial charge < -0.3 is 14.6 Å². The van der Waals surface area contributed by atoms with Crippen molar-refractivity contribution in [3.05, 3.63) is 46.9 Å². The first kappa shape index (κ1) is 17.1. The summed E-state index contributed by atoms with van der Waals surface area (Å²) >= 11 is 0. The first-order valence-corrected chi connectivity index (χ1v) is 8.40. The van der Waals surface area contributed by atoms with E-state index in [4.69, 9.17) is 4.42 Å². The lowest BCUT2D eigenvalue weighted by Crippen LogP contribution is -2.46. The van der Waals surface area contributed by atoms with E-state index in [0.29, 0.717) is 42.9 Å². The predicted octanol–water partition coefficient (Wildman–Crippen LogP) is 2.03. The van der Waals surface area contributed by atoms with Crippen LogP contribution in [0.5, 0.6) is 0 Å². The summed E-state index contributed by atoms with van der Waals surface area (Å²) in [6.07, 6.45) is 4.53. The minimum Gasteiger partial charge on any atom is -0.466 e. The molecule has 1 aliphatic heterocycles. The van der Waals surface area contributed by atoms with Crippen LogP contribution >= 0.6 is 0 Å². The second kappa shape index (κ2) is 7.04. The fourth-order valence-electron chi connectivity index (χ4n) is 3.01. The molecule has 0 unspecified atom stereocenters. The van der Waals surface area contributed by atoms with E-state index < -0.39 is 0 Å². The molecule has 0 bridgehead atoms. The van der Waals surface area contributed by atoms with Gasteiger partial charge >= 0.3 is 0 Å². The topological polar surface area (TPSA) is 88.3 Å². The van der Waals surface area contributed by atoms with Gasteiger partial charge in [-0.3, -0.25) is 14.6 Å². The quantitative estimate of drug-likeness (QED) is 0.922. The number of amides is 2. The number of carbonyl (C=O) groups excluding carboxylic acids is 2. The van der Waals surface area contributed by atoms with Crippen LogP contribution in [0.25, 0.3) is 0 Å². The van der Waals surface area contributed by atoms with Crippen LogP contribution in [0.1, 0.15) is 50.9 Å². The molecule has 0 spiro atoms. The molecule has 1 saturated heterocycles. The standard InChI is InChI=1S/C18H22N4O3/c1-11-9-20-16(10-19-11)18(24)22-6-4-14(5-7-22)21-17(23)15-8-12(2)25-13(15)3/h8-10,14H,4-7H2,1-3H3,(H,21,23). The summed E-state index contributed by atoms with van der Waals surface area (Å²) in [5, 5.41) is 3.03. The molecule has 3 heterocycles. The first-order chi connectivity index (χ1) is 11.9. The number of likely N-dealkylation sites (tertiary alicyclic amines) is 1. The maximum absolute atomic E-state index is 12.4. The number of carbonyl (C=O) groups is 2. The number of hydrogen-bond donors (Lipinski definition) is 1. The van der Waals surface area contributed by atoms with Gasteiger partial charge in [0, 0.05) is 25.3 Å². The normalized spacial score (nSPS) is 15.2. The van der Waals surface area contributed by atoms with Gasteiger partial charge in [-0.15, -0.1) is 0 Å². The van der Waals surface area contributed by atoms with Crippen molar-refractivity contribution >= 4 is 11.8 Å². The average Bonchev–Trinajstić information content (AvgIpc) is 2.94. The number of aryl methyl sites for hydroxylation is 3. The van der Waals surface area contributed by atoms with Crippen molar-refractivity contribution in [2.75, 3.05) is 13.1 Å². The zero-order valence-corrected chi connectivity index (χ0v) is 14.7. The summed E-state index contributed by atoms with van der Waals surface area (Å²) in [4.78, 5) is 34.8. The highest BCUT2D eigenvalue weighted by atomic mass is 16.3. The summed E-state index contributed by atoms with van der Waals surface area (Å²) in [5.74, 6) is 1.12. The third kappa shape index (κ3) is 3.87. The van der Waals surface area contributed by atoms with Crippen LogP contribution in [0.2, 0.25) is 0 Å². The van der Waals surface area contributed by atoms with Crippen LogP contribution in [0.4, 0.5) is 0 Å². The van der Waals surface area contributed by atoms with Crippen LogP contribution in [-0.2, 0) is 0 Å². The van der Waals surface area contributed by atoms with Crippen LogP contribution in [-0.4, -0.2) is 45.8 Å². The number of aromatic nitrogens is 2. The lowest BCUT2D eigenvalue weighted by atomic mass is 10.0. The first-order valence-electron chi connectivity index (χ1n) is 8.40. The Morgan fingerprint density at radius 1 is 1.16 bits per heavy atom. The summed E-state index contributed by atoms with van der Waals surface area (Å²) in [6, 6.07) is 1.80. The van der Waals surface area contributed by atoms with E-state index in [-0.39, 0.29) is 17.9 Å². The van der Waals surface area contributed by atoms with Crippen molar-refractivity contribution in [2.24, 2.45) is 0 Å². The van der Waals surface area contributed by atoms with Gasteiger partial charge in [0.2, 0.25) is 0 Å².